The second-order valence-electron chi connectivity index (χ2n) is 6.80. The highest BCUT2D eigenvalue weighted by Crippen LogP contribution is 2.37. The number of piperidine rings is 1. The van der Waals surface area contributed by atoms with Gasteiger partial charge in [0, 0.05) is 16.7 Å². The SMILES string of the molecule is O=C(COC[C@H]1CCCNC1)Nc1ccccc1SC1CCCC1. The van der Waals surface area contributed by atoms with Gasteiger partial charge in [-0.15, -0.1) is 11.8 Å². The standard InChI is InChI=1S/C19H28N2O2S/c22-19(14-23-13-15-6-5-11-20-12-15)21-17-9-3-4-10-18(17)24-16-7-1-2-8-16/h3-4,9-10,15-16,20H,1-2,5-8,11-14H2,(H,21,22)/t15-/m0/s1. The summed E-state index contributed by atoms with van der Waals surface area (Å²) in [5.41, 5.74) is 0.919. The lowest BCUT2D eigenvalue weighted by molar-refractivity contribution is -0.121. The lowest BCUT2D eigenvalue weighted by Crippen LogP contribution is -2.33. The highest BCUT2D eigenvalue weighted by molar-refractivity contribution is 8.00. The number of nitrogens with one attached hydrogen (secondary N) is 2. The summed E-state index contributed by atoms with van der Waals surface area (Å²) in [6.07, 6.45) is 7.62. The number of hydrogen-bond donors (Lipinski definition) is 2. The second-order valence-corrected chi connectivity index (χ2v) is 8.14. The Kier molecular flexibility index (Phi) is 6.99. The third kappa shape index (κ3) is 5.50. The van der Waals surface area contributed by atoms with E-state index in [0.717, 1.165) is 18.8 Å². The van der Waals surface area contributed by atoms with Crippen molar-refractivity contribution in [1.29, 1.82) is 0 Å². The fraction of sp³-hybridized carbons (Fsp3) is 0.632. The Labute approximate surface area is 149 Å². The van der Waals surface area contributed by atoms with Crippen molar-refractivity contribution in [3.63, 3.8) is 0 Å². The summed E-state index contributed by atoms with van der Waals surface area (Å²) in [6.45, 7) is 2.91. The van der Waals surface area contributed by atoms with Crippen LogP contribution in [-0.2, 0) is 9.53 Å². The minimum absolute atomic E-state index is 0.0572. The van der Waals surface area contributed by atoms with Crippen LogP contribution in [0.4, 0.5) is 5.69 Å². The van der Waals surface area contributed by atoms with Gasteiger partial charge in [0.15, 0.2) is 0 Å². The first-order valence-corrected chi connectivity index (χ1v) is 10.0. The van der Waals surface area contributed by atoms with Crippen LogP contribution in [0.1, 0.15) is 38.5 Å². The van der Waals surface area contributed by atoms with Gasteiger partial charge in [0.25, 0.3) is 0 Å². The predicted molar refractivity (Wildman–Crippen MR) is 99.6 cm³/mol. The molecule has 0 radical (unpaired) electrons. The average Bonchev–Trinajstić information content (AvgIpc) is 3.11. The molecular formula is C19H28N2O2S. The summed E-state index contributed by atoms with van der Waals surface area (Å²) in [4.78, 5) is 13.4. The molecule has 132 valence electrons. The quantitative estimate of drug-likeness (QED) is 0.789. The Hall–Kier alpha value is -1.04. The van der Waals surface area contributed by atoms with Crippen LogP contribution in [0.3, 0.4) is 0 Å². The van der Waals surface area contributed by atoms with Crippen LogP contribution in [0, 0.1) is 5.92 Å². The Bertz CT molecular complexity index is 526. The molecule has 1 saturated carbocycles. The van der Waals surface area contributed by atoms with Gasteiger partial charge in [-0.1, -0.05) is 25.0 Å². The zero-order valence-electron chi connectivity index (χ0n) is 14.3. The van der Waals surface area contributed by atoms with Gasteiger partial charge in [-0.2, -0.15) is 0 Å². The topological polar surface area (TPSA) is 50.4 Å². The van der Waals surface area contributed by atoms with E-state index in [1.807, 2.05) is 30.0 Å². The molecule has 1 saturated heterocycles. The van der Waals surface area contributed by atoms with Crippen molar-refractivity contribution in [3.05, 3.63) is 24.3 Å². The van der Waals surface area contributed by atoms with E-state index in [2.05, 4.69) is 16.7 Å². The summed E-state index contributed by atoms with van der Waals surface area (Å²) in [6, 6.07) is 8.11. The third-order valence-corrected chi connectivity index (χ3v) is 6.16. The van der Waals surface area contributed by atoms with Gasteiger partial charge in [-0.25, -0.2) is 0 Å². The molecular weight excluding hydrogens is 320 g/mol. The molecule has 3 rings (SSSR count). The molecule has 1 heterocycles. The van der Waals surface area contributed by atoms with Crippen LogP contribution in [0.15, 0.2) is 29.2 Å². The first kappa shape index (κ1) is 17.8. The van der Waals surface area contributed by atoms with Gasteiger partial charge in [0.05, 0.1) is 12.3 Å². The molecule has 2 N–H and O–H groups in total. The number of anilines is 1. The third-order valence-electron chi connectivity index (χ3n) is 4.74. The van der Waals surface area contributed by atoms with Gasteiger partial charge in [0.1, 0.15) is 6.61 Å². The van der Waals surface area contributed by atoms with Crippen LogP contribution in [0.5, 0.6) is 0 Å². The van der Waals surface area contributed by atoms with Gasteiger partial charge in [-0.05, 0) is 50.3 Å². The molecule has 0 aromatic heterocycles. The van der Waals surface area contributed by atoms with Crippen molar-refractivity contribution in [1.82, 2.24) is 5.32 Å². The van der Waals surface area contributed by atoms with Crippen LogP contribution in [0.2, 0.25) is 0 Å². The Morgan fingerprint density at radius 1 is 1.21 bits per heavy atom. The number of hydrogen-bond acceptors (Lipinski definition) is 4. The number of ether oxygens (including phenoxy) is 1. The molecule has 2 aliphatic rings. The fourth-order valence-corrected chi connectivity index (χ4v) is 4.76. The lowest BCUT2D eigenvalue weighted by atomic mass is 10.0. The minimum atomic E-state index is -0.0572. The number of carbonyl (C=O) groups excluding carboxylic acids is 1. The molecule has 1 aromatic rings. The maximum absolute atomic E-state index is 12.2. The number of benzene rings is 1. The van der Waals surface area contributed by atoms with Crippen molar-refractivity contribution in [3.8, 4) is 0 Å². The molecule has 24 heavy (non-hydrogen) atoms. The van der Waals surface area contributed by atoms with Gasteiger partial charge < -0.3 is 15.4 Å². The van der Waals surface area contributed by atoms with E-state index in [1.54, 1.807) is 0 Å². The zero-order chi connectivity index (χ0) is 16.6. The predicted octanol–water partition coefficient (Wildman–Crippen LogP) is 3.68. The van der Waals surface area contributed by atoms with Crippen LogP contribution in [0.25, 0.3) is 0 Å². The summed E-state index contributed by atoms with van der Waals surface area (Å²) < 4.78 is 5.62. The molecule has 2 fully saturated rings. The lowest BCUT2D eigenvalue weighted by Gasteiger charge is -2.22. The first-order chi connectivity index (χ1) is 11.8. The molecule has 0 spiro atoms. The van der Waals surface area contributed by atoms with Gasteiger partial charge >= 0.3 is 0 Å². The molecule has 4 nitrogen and oxygen atoms in total. The van der Waals surface area contributed by atoms with Gasteiger partial charge in [0.2, 0.25) is 5.91 Å². The molecule has 5 heteroatoms. The highest BCUT2D eigenvalue weighted by atomic mass is 32.2. The number of para-hydroxylation sites is 1. The largest absolute Gasteiger partial charge is 0.371 e. The Morgan fingerprint density at radius 2 is 2.04 bits per heavy atom. The Balaban J connectivity index is 1.45. The molecule has 1 aromatic carbocycles. The van der Waals surface area contributed by atoms with Crippen molar-refractivity contribution in [2.75, 3.05) is 31.6 Å². The summed E-state index contributed by atoms with van der Waals surface area (Å²) in [5.74, 6) is 0.481. The average molecular weight is 349 g/mol. The molecule has 1 aliphatic heterocycles. The molecule has 1 amide bonds. The van der Waals surface area contributed by atoms with Crippen LogP contribution in [-0.4, -0.2) is 37.5 Å². The van der Waals surface area contributed by atoms with Crippen molar-refractivity contribution >= 4 is 23.4 Å². The number of carbonyl (C=O) groups is 1. The Morgan fingerprint density at radius 3 is 2.83 bits per heavy atom. The first-order valence-electron chi connectivity index (χ1n) is 9.15. The molecule has 1 aliphatic carbocycles. The second kappa shape index (κ2) is 9.44. The minimum Gasteiger partial charge on any atom is -0.371 e. The monoisotopic (exact) mass is 348 g/mol. The summed E-state index contributed by atoms with van der Waals surface area (Å²) in [5, 5.41) is 7.09. The van der Waals surface area contributed by atoms with E-state index in [9.17, 15) is 4.79 Å². The van der Waals surface area contributed by atoms with E-state index in [-0.39, 0.29) is 12.5 Å². The smallest absolute Gasteiger partial charge is 0.250 e. The number of amides is 1. The van der Waals surface area contributed by atoms with E-state index in [1.165, 1.54) is 43.4 Å². The van der Waals surface area contributed by atoms with E-state index in [4.69, 9.17) is 4.74 Å². The van der Waals surface area contributed by atoms with E-state index >= 15 is 0 Å². The maximum atomic E-state index is 12.2. The molecule has 0 bridgehead atoms. The van der Waals surface area contributed by atoms with Crippen molar-refractivity contribution < 1.29 is 9.53 Å². The van der Waals surface area contributed by atoms with Crippen molar-refractivity contribution in [2.24, 2.45) is 5.92 Å². The highest BCUT2D eigenvalue weighted by Gasteiger charge is 2.18. The summed E-state index contributed by atoms with van der Waals surface area (Å²) >= 11 is 1.90. The summed E-state index contributed by atoms with van der Waals surface area (Å²) in [7, 11) is 0. The zero-order valence-corrected chi connectivity index (χ0v) is 15.1. The number of thioether (sulfide) groups is 1. The fourth-order valence-electron chi connectivity index (χ4n) is 3.43. The van der Waals surface area contributed by atoms with Crippen LogP contribution < -0.4 is 10.6 Å². The normalized spacial score (nSPS) is 21.8. The van der Waals surface area contributed by atoms with E-state index in [0.29, 0.717) is 17.8 Å². The van der Waals surface area contributed by atoms with Gasteiger partial charge in [-0.3, -0.25) is 4.79 Å². The van der Waals surface area contributed by atoms with Crippen molar-refractivity contribution in [2.45, 2.75) is 48.7 Å². The van der Waals surface area contributed by atoms with E-state index < -0.39 is 0 Å². The molecule has 0 unspecified atom stereocenters. The number of rotatable bonds is 7. The van der Waals surface area contributed by atoms with Crippen LogP contribution >= 0.6 is 11.8 Å². The maximum Gasteiger partial charge on any atom is 0.250 e. The molecule has 1 atom stereocenters.